The fourth-order valence-electron chi connectivity index (χ4n) is 1.36. The van der Waals surface area contributed by atoms with Crippen molar-refractivity contribution in [2.45, 2.75) is 12.8 Å². The van der Waals surface area contributed by atoms with Crippen molar-refractivity contribution in [1.29, 1.82) is 0 Å². The number of carbonyl (C=O) groups is 2. The maximum atomic E-state index is 11.1. The summed E-state index contributed by atoms with van der Waals surface area (Å²) in [6, 6.07) is 9.32. The van der Waals surface area contributed by atoms with Crippen molar-refractivity contribution in [3.8, 4) is 0 Å². The van der Waals surface area contributed by atoms with Crippen LogP contribution < -0.4 is 0 Å². The molecule has 1 unspecified atom stereocenters. The second-order valence-corrected chi connectivity index (χ2v) is 3.76. The number of hydrogen-bond donors (Lipinski definition) is 2. The van der Waals surface area contributed by atoms with Crippen LogP contribution in [0.5, 0.6) is 0 Å². The molecule has 1 rings (SSSR count). The molecule has 3 nitrogen and oxygen atoms in total. The number of benzene rings is 1. The van der Waals surface area contributed by atoms with E-state index in [2.05, 4.69) is 12.6 Å². The Morgan fingerprint density at radius 2 is 1.87 bits per heavy atom. The molecule has 0 aliphatic rings. The molecule has 15 heavy (non-hydrogen) atoms. The molecule has 0 fully saturated rings. The van der Waals surface area contributed by atoms with Crippen molar-refractivity contribution >= 4 is 23.7 Å². The van der Waals surface area contributed by atoms with Gasteiger partial charge in [0, 0.05) is 5.92 Å². The molecule has 0 saturated carbocycles. The third-order valence-electron chi connectivity index (χ3n) is 2.10. The standard InChI is InChI=1S/C11H12O3S/c12-10(13)7-9(11(14)15)6-8-4-2-1-3-5-8/h1-5,9H,6-7H2,(H,12,13)(H,14,15). The maximum Gasteiger partial charge on any atom is 0.304 e. The Bertz CT molecular complexity index is 348. The molecule has 1 aromatic carbocycles. The van der Waals surface area contributed by atoms with Gasteiger partial charge in [-0.25, -0.2) is 0 Å². The lowest BCUT2D eigenvalue weighted by Crippen LogP contribution is -2.16. The van der Waals surface area contributed by atoms with Crippen LogP contribution in [0.3, 0.4) is 0 Å². The predicted octanol–water partition coefficient (Wildman–Crippen LogP) is 1.78. The quantitative estimate of drug-likeness (QED) is 0.749. The van der Waals surface area contributed by atoms with Crippen LogP contribution >= 0.6 is 12.6 Å². The van der Waals surface area contributed by atoms with Gasteiger partial charge >= 0.3 is 5.97 Å². The average molecular weight is 224 g/mol. The van der Waals surface area contributed by atoms with E-state index in [1.807, 2.05) is 30.3 Å². The van der Waals surface area contributed by atoms with E-state index in [-0.39, 0.29) is 11.5 Å². The molecular formula is C11H12O3S. The van der Waals surface area contributed by atoms with Crippen molar-refractivity contribution in [3.63, 3.8) is 0 Å². The van der Waals surface area contributed by atoms with Crippen LogP contribution in [0.1, 0.15) is 12.0 Å². The first-order valence-corrected chi connectivity index (χ1v) is 5.03. The van der Waals surface area contributed by atoms with Crippen molar-refractivity contribution < 1.29 is 14.7 Å². The third-order valence-corrected chi connectivity index (χ3v) is 2.46. The van der Waals surface area contributed by atoms with Crippen LogP contribution in [-0.2, 0) is 16.0 Å². The van der Waals surface area contributed by atoms with E-state index in [0.717, 1.165) is 5.56 Å². The van der Waals surface area contributed by atoms with Gasteiger partial charge in [-0.05, 0) is 12.0 Å². The monoisotopic (exact) mass is 224 g/mol. The second-order valence-electron chi connectivity index (χ2n) is 3.32. The van der Waals surface area contributed by atoms with Gasteiger partial charge in [-0.15, -0.1) is 12.6 Å². The lowest BCUT2D eigenvalue weighted by Gasteiger charge is -2.10. The summed E-state index contributed by atoms with van der Waals surface area (Å²) in [7, 11) is 0. The molecule has 0 radical (unpaired) electrons. The van der Waals surface area contributed by atoms with E-state index >= 15 is 0 Å². The highest BCUT2D eigenvalue weighted by molar-refractivity contribution is 7.96. The van der Waals surface area contributed by atoms with E-state index in [1.165, 1.54) is 0 Å². The van der Waals surface area contributed by atoms with E-state index < -0.39 is 11.9 Å². The van der Waals surface area contributed by atoms with Crippen LogP contribution in [0.4, 0.5) is 0 Å². The molecule has 1 atom stereocenters. The summed E-state index contributed by atoms with van der Waals surface area (Å²) < 4.78 is 0. The van der Waals surface area contributed by atoms with Gasteiger partial charge in [-0.3, -0.25) is 9.59 Å². The number of carboxylic acid groups (broad SMARTS) is 1. The molecular weight excluding hydrogens is 212 g/mol. The topological polar surface area (TPSA) is 54.4 Å². The zero-order valence-electron chi connectivity index (χ0n) is 8.09. The third kappa shape index (κ3) is 4.16. The molecule has 0 heterocycles. The van der Waals surface area contributed by atoms with Crippen LogP contribution in [0.15, 0.2) is 30.3 Å². The molecule has 0 aliphatic carbocycles. The summed E-state index contributed by atoms with van der Waals surface area (Å²) >= 11 is 3.70. The molecule has 80 valence electrons. The zero-order chi connectivity index (χ0) is 11.3. The van der Waals surface area contributed by atoms with Crippen molar-refractivity contribution in [3.05, 3.63) is 35.9 Å². The minimum absolute atomic E-state index is 0.169. The van der Waals surface area contributed by atoms with Crippen molar-refractivity contribution in [2.75, 3.05) is 0 Å². The predicted molar refractivity (Wildman–Crippen MR) is 59.9 cm³/mol. The molecule has 0 spiro atoms. The van der Waals surface area contributed by atoms with Crippen molar-refractivity contribution in [2.24, 2.45) is 5.92 Å². The number of carbonyl (C=O) groups excluding carboxylic acids is 1. The second kappa shape index (κ2) is 5.56. The number of carboxylic acids is 1. The lowest BCUT2D eigenvalue weighted by molar-refractivity contribution is -0.139. The highest BCUT2D eigenvalue weighted by Gasteiger charge is 2.19. The normalized spacial score (nSPS) is 12.1. The molecule has 0 aliphatic heterocycles. The summed E-state index contributed by atoms with van der Waals surface area (Å²) in [4.78, 5) is 21.6. The molecule has 4 heteroatoms. The number of aliphatic carboxylic acids is 1. The molecule has 0 saturated heterocycles. The Morgan fingerprint density at radius 1 is 1.27 bits per heavy atom. The van der Waals surface area contributed by atoms with Gasteiger partial charge in [-0.2, -0.15) is 0 Å². The van der Waals surface area contributed by atoms with E-state index in [9.17, 15) is 9.59 Å². The Morgan fingerprint density at radius 3 is 2.33 bits per heavy atom. The molecule has 0 bridgehead atoms. The zero-order valence-corrected chi connectivity index (χ0v) is 8.98. The van der Waals surface area contributed by atoms with Gasteiger partial charge in [-0.1, -0.05) is 30.3 Å². The molecule has 1 N–H and O–H groups in total. The highest BCUT2D eigenvalue weighted by Crippen LogP contribution is 2.15. The van der Waals surface area contributed by atoms with E-state index in [1.54, 1.807) is 0 Å². The number of thiol groups is 1. The van der Waals surface area contributed by atoms with Gasteiger partial charge in [0.15, 0.2) is 5.12 Å². The minimum Gasteiger partial charge on any atom is -0.481 e. The van der Waals surface area contributed by atoms with Gasteiger partial charge in [0.2, 0.25) is 0 Å². The minimum atomic E-state index is -0.974. The summed E-state index contributed by atoms with van der Waals surface area (Å²) in [6.07, 6.45) is 0.257. The molecule has 1 aromatic rings. The number of hydrogen-bond acceptors (Lipinski definition) is 2. The van der Waals surface area contributed by atoms with E-state index in [4.69, 9.17) is 5.11 Å². The maximum absolute atomic E-state index is 11.1. The van der Waals surface area contributed by atoms with Crippen LogP contribution in [0, 0.1) is 5.92 Å². The van der Waals surface area contributed by atoms with Gasteiger partial charge in [0.1, 0.15) is 0 Å². The van der Waals surface area contributed by atoms with Gasteiger partial charge in [0.05, 0.1) is 6.42 Å². The van der Waals surface area contributed by atoms with Gasteiger partial charge in [0.25, 0.3) is 0 Å². The van der Waals surface area contributed by atoms with Crippen molar-refractivity contribution in [1.82, 2.24) is 0 Å². The van der Waals surface area contributed by atoms with Gasteiger partial charge < -0.3 is 5.11 Å². The Kier molecular flexibility index (Phi) is 4.37. The summed E-state index contributed by atoms with van der Waals surface area (Å²) in [5, 5.41) is 8.25. The largest absolute Gasteiger partial charge is 0.481 e. The summed E-state index contributed by atoms with van der Waals surface area (Å²) in [5.74, 6) is -1.52. The smallest absolute Gasteiger partial charge is 0.304 e. The number of rotatable bonds is 5. The Labute approximate surface area is 93.5 Å². The molecule has 0 amide bonds. The SMILES string of the molecule is O=C(O)CC(Cc1ccccc1)C(=O)S. The fourth-order valence-corrected chi connectivity index (χ4v) is 1.54. The first kappa shape index (κ1) is 11.8. The lowest BCUT2D eigenvalue weighted by atomic mass is 9.97. The summed E-state index contributed by atoms with van der Waals surface area (Å²) in [5.41, 5.74) is 0.950. The van der Waals surface area contributed by atoms with Crippen LogP contribution in [-0.4, -0.2) is 16.2 Å². The Balaban J connectivity index is 2.67. The summed E-state index contributed by atoms with van der Waals surface area (Å²) in [6.45, 7) is 0. The Hall–Kier alpha value is -1.29. The van der Waals surface area contributed by atoms with E-state index in [0.29, 0.717) is 6.42 Å². The first-order valence-electron chi connectivity index (χ1n) is 4.58. The average Bonchev–Trinajstić information content (AvgIpc) is 2.17. The molecule has 0 aromatic heterocycles. The van der Waals surface area contributed by atoms with Crippen LogP contribution in [0.25, 0.3) is 0 Å². The highest BCUT2D eigenvalue weighted by atomic mass is 32.1. The van der Waals surface area contributed by atoms with Crippen LogP contribution in [0.2, 0.25) is 0 Å². The fraction of sp³-hybridized carbons (Fsp3) is 0.273. The first-order chi connectivity index (χ1) is 7.09.